The maximum Gasteiger partial charge on any atom is 0.341 e. The molecular weight excluding hydrogens is 397 g/mol. The molecular formula is C17H15Cl2N3O5. The van der Waals surface area contributed by atoms with Gasteiger partial charge in [0.15, 0.2) is 6.61 Å². The van der Waals surface area contributed by atoms with E-state index in [1.54, 1.807) is 25.1 Å². The normalized spacial score (nSPS) is 11.5. The Balaban J connectivity index is 1.98. The monoisotopic (exact) mass is 411 g/mol. The van der Waals surface area contributed by atoms with E-state index in [-0.39, 0.29) is 16.9 Å². The van der Waals surface area contributed by atoms with E-state index in [0.717, 1.165) is 12.1 Å². The van der Waals surface area contributed by atoms with E-state index in [9.17, 15) is 19.7 Å². The predicted octanol–water partition coefficient (Wildman–Crippen LogP) is 3.52. The Kier molecular flexibility index (Phi) is 6.59. The second-order valence-corrected chi connectivity index (χ2v) is 6.40. The van der Waals surface area contributed by atoms with Crippen LogP contribution in [0.5, 0.6) is 0 Å². The Bertz CT molecular complexity index is 904. The van der Waals surface area contributed by atoms with Gasteiger partial charge in [-0.25, -0.2) is 4.79 Å². The number of carbonyl (C=O) groups is 2. The minimum atomic E-state index is -0.941. The Hall–Kier alpha value is -2.84. The van der Waals surface area contributed by atoms with Gasteiger partial charge >= 0.3 is 5.97 Å². The third-order valence-electron chi connectivity index (χ3n) is 3.61. The van der Waals surface area contributed by atoms with Gasteiger partial charge in [0.25, 0.3) is 11.6 Å². The first kappa shape index (κ1) is 20.5. The molecule has 0 spiro atoms. The number of halogens is 2. The highest BCUT2D eigenvalue weighted by Crippen LogP contribution is 2.26. The molecule has 0 aromatic heterocycles. The van der Waals surface area contributed by atoms with E-state index in [2.05, 4.69) is 5.32 Å². The van der Waals surface area contributed by atoms with Crippen molar-refractivity contribution < 1.29 is 19.2 Å². The third-order valence-corrected chi connectivity index (χ3v) is 4.17. The second kappa shape index (κ2) is 8.70. The number of nitrogens with two attached hydrogens (primary N) is 1. The lowest BCUT2D eigenvalue weighted by Gasteiger charge is -2.16. The molecule has 0 aliphatic heterocycles. The van der Waals surface area contributed by atoms with Gasteiger partial charge in [0.05, 0.1) is 16.5 Å². The van der Waals surface area contributed by atoms with Crippen molar-refractivity contribution in [2.24, 2.45) is 0 Å². The fourth-order valence-corrected chi connectivity index (χ4v) is 2.83. The van der Waals surface area contributed by atoms with Crippen LogP contribution in [0.25, 0.3) is 0 Å². The molecule has 142 valence electrons. The van der Waals surface area contributed by atoms with Crippen LogP contribution in [-0.4, -0.2) is 23.4 Å². The number of nitro groups is 1. The number of nitrogens with one attached hydrogen (secondary N) is 1. The summed E-state index contributed by atoms with van der Waals surface area (Å²) in [6, 6.07) is 7.78. The maximum atomic E-state index is 12.1. The van der Waals surface area contributed by atoms with Crippen LogP contribution in [0.15, 0.2) is 36.4 Å². The number of nitrogens with zero attached hydrogens (tertiary/aromatic N) is 1. The van der Waals surface area contributed by atoms with Gasteiger partial charge in [-0.3, -0.25) is 14.9 Å². The van der Waals surface area contributed by atoms with Gasteiger partial charge in [-0.2, -0.15) is 0 Å². The smallest absolute Gasteiger partial charge is 0.341 e. The van der Waals surface area contributed by atoms with Gasteiger partial charge in [0.2, 0.25) is 0 Å². The number of ether oxygens (including phenoxy) is 1. The molecule has 8 nitrogen and oxygen atoms in total. The second-order valence-electron chi connectivity index (χ2n) is 5.56. The highest BCUT2D eigenvalue weighted by molar-refractivity contribution is 6.35. The first-order valence-corrected chi connectivity index (χ1v) is 8.40. The number of nitrogen functional groups attached to an aromatic ring is 1. The van der Waals surface area contributed by atoms with E-state index < -0.39 is 29.4 Å². The summed E-state index contributed by atoms with van der Waals surface area (Å²) < 4.78 is 4.88. The van der Waals surface area contributed by atoms with Crippen molar-refractivity contribution in [1.29, 1.82) is 0 Å². The Morgan fingerprint density at radius 3 is 2.59 bits per heavy atom. The zero-order valence-corrected chi connectivity index (χ0v) is 15.6. The zero-order chi connectivity index (χ0) is 20.1. The number of non-ortho nitro benzene ring substituents is 1. The van der Waals surface area contributed by atoms with Crippen LogP contribution in [0, 0.1) is 10.1 Å². The summed E-state index contributed by atoms with van der Waals surface area (Å²) in [4.78, 5) is 34.2. The standard InChI is InChI=1S/C17H15Cl2N3O5/c1-9(12-4-2-10(18)6-14(12)19)21-16(23)8-27-17(24)13-7-11(22(25)26)3-5-15(13)20/h2-7,9H,8,20H2,1H3,(H,21,23)/t9-/m1/s1. The van der Waals surface area contributed by atoms with Crippen molar-refractivity contribution in [3.05, 3.63) is 67.7 Å². The molecule has 27 heavy (non-hydrogen) atoms. The number of esters is 1. The molecule has 0 unspecified atom stereocenters. The number of hydrogen-bond donors (Lipinski definition) is 2. The summed E-state index contributed by atoms with van der Waals surface area (Å²) in [7, 11) is 0. The van der Waals surface area contributed by atoms with E-state index in [1.807, 2.05) is 0 Å². The van der Waals surface area contributed by atoms with Gasteiger partial charge in [-0.1, -0.05) is 29.3 Å². The van der Waals surface area contributed by atoms with Crippen molar-refractivity contribution in [2.75, 3.05) is 12.3 Å². The summed E-state index contributed by atoms with van der Waals surface area (Å²) in [5.41, 5.74) is 5.78. The van der Waals surface area contributed by atoms with Crippen molar-refractivity contribution in [3.63, 3.8) is 0 Å². The van der Waals surface area contributed by atoms with Gasteiger partial charge in [-0.05, 0) is 30.7 Å². The predicted molar refractivity (Wildman–Crippen MR) is 101 cm³/mol. The van der Waals surface area contributed by atoms with Crippen LogP contribution in [0.4, 0.5) is 11.4 Å². The molecule has 0 bridgehead atoms. The van der Waals surface area contributed by atoms with Gasteiger partial charge in [0.1, 0.15) is 0 Å². The van der Waals surface area contributed by atoms with Crippen molar-refractivity contribution in [2.45, 2.75) is 13.0 Å². The molecule has 10 heteroatoms. The van der Waals surface area contributed by atoms with Crippen molar-refractivity contribution >= 4 is 46.5 Å². The molecule has 1 atom stereocenters. The molecule has 2 rings (SSSR count). The van der Waals surface area contributed by atoms with Crippen LogP contribution < -0.4 is 11.1 Å². The largest absolute Gasteiger partial charge is 0.452 e. The highest BCUT2D eigenvalue weighted by Gasteiger charge is 2.19. The molecule has 0 aliphatic rings. The molecule has 2 aromatic carbocycles. The third kappa shape index (κ3) is 5.32. The number of hydrogen-bond acceptors (Lipinski definition) is 6. The fraction of sp³-hybridized carbons (Fsp3) is 0.176. The number of anilines is 1. The first-order valence-electron chi connectivity index (χ1n) is 7.64. The molecule has 0 heterocycles. The molecule has 1 amide bonds. The van der Waals surface area contributed by atoms with E-state index >= 15 is 0 Å². The summed E-state index contributed by atoms with van der Waals surface area (Å²) in [5.74, 6) is -1.52. The Labute approximate surface area is 164 Å². The molecule has 0 saturated heterocycles. The van der Waals surface area contributed by atoms with Gasteiger partial charge in [-0.15, -0.1) is 0 Å². The SMILES string of the molecule is C[C@@H](NC(=O)COC(=O)c1cc([N+](=O)[O-])ccc1N)c1ccc(Cl)cc1Cl. The quantitative estimate of drug-likeness (QED) is 0.324. The van der Waals surface area contributed by atoms with Crippen LogP contribution in [-0.2, 0) is 9.53 Å². The Morgan fingerprint density at radius 1 is 1.26 bits per heavy atom. The number of carbonyl (C=O) groups excluding carboxylic acids is 2. The van der Waals surface area contributed by atoms with Gasteiger partial charge < -0.3 is 15.8 Å². The lowest BCUT2D eigenvalue weighted by Crippen LogP contribution is -2.31. The molecule has 2 aromatic rings. The van der Waals surface area contributed by atoms with Crippen LogP contribution in [0.2, 0.25) is 10.0 Å². The lowest BCUT2D eigenvalue weighted by atomic mass is 10.1. The first-order chi connectivity index (χ1) is 12.7. The summed E-state index contributed by atoms with van der Waals surface area (Å²) in [5, 5.41) is 14.3. The molecule has 0 saturated carbocycles. The van der Waals surface area contributed by atoms with Crippen molar-refractivity contribution in [1.82, 2.24) is 5.32 Å². The van der Waals surface area contributed by atoms with E-state index in [0.29, 0.717) is 15.6 Å². The summed E-state index contributed by atoms with van der Waals surface area (Å²) in [6.45, 7) is 1.11. The lowest BCUT2D eigenvalue weighted by molar-refractivity contribution is -0.384. The van der Waals surface area contributed by atoms with E-state index in [4.69, 9.17) is 33.7 Å². The van der Waals surface area contributed by atoms with Crippen LogP contribution >= 0.6 is 23.2 Å². The number of amides is 1. The summed E-state index contributed by atoms with van der Waals surface area (Å²) in [6.07, 6.45) is 0. The Morgan fingerprint density at radius 2 is 1.96 bits per heavy atom. The number of nitro benzene ring substituents is 1. The minimum Gasteiger partial charge on any atom is -0.452 e. The van der Waals surface area contributed by atoms with Crippen LogP contribution in [0.1, 0.15) is 28.9 Å². The zero-order valence-electron chi connectivity index (χ0n) is 14.1. The van der Waals surface area contributed by atoms with Crippen molar-refractivity contribution in [3.8, 4) is 0 Å². The van der Waals surface area contributed by atoms with Crippen LogP contribution in [0.3, 0.4) is 0 Å². The average molecular weight is 412 g/mol. The maximum absolute atomic E-state index is 12.1. The fourth-order valence-electron chi connectivity index (χ4n) is 2.26. The molecule has 0 radical (unpaired) electrons. The average Bonchev–Trinajstić information content (AvgIpc) is 2.59. The number of benzene rings is 2. The molecule has 0 fully saturated rings. The number of rotatable bonds is 6. The van der Waals surface area contributed by atoms with E-state index in [1.165, 1.54) is 6.07 Å². The summed E-state index contributed by atoms with van der Waals surface area (Å²) >= 11 is 11.9. The highest BCUT2D eigenvalue weighted by atomic mass is 35.5. The topological polar surface area (TPSA) is 125 Å². The minimum absolute atomic E-state index is 0.00678. The molecule has 3 N–H and O–H groups in total. The molecule has 0 aliphatic carbocycles. The van der Waals surface area contributed by atoms with Gasteiger partial charge in [0, 0.05) is 27.9 Å².